The lowest BCUT2D eigenvalue weighted by molar-refractivity contribution is 0.0730. The molecule has 104 valence electrons. The normalized spacial score (nSPS) is 14.2. The molecule has 20 heavy (non-hydrogen) atoms. The van der Waals surface area contributed by atoms with Gasteiger partial charge in [0.2, 0.25) is 0 Å². The summed E-state index contributed by atoms with van der Waals surface area (Å²) >= 11 is 0. The molecule has 1 aromatic carbocycles. The third-order valence-corrected chi connectivity index (χ3v) is 3.77. The first-order valence-corrected chi connectivity index (χ1v) is 6.47. The topological polar surface area (TPSA) is 36.1 Å². The van der Waals surface area contributed by atoms with Crippen LogP contribution in [0.5, 0.6) is 0 Å². The van der Waals surface area contributed by atoms with Crippen molar-refractivity contribution < 1.29 is 13.6 Å². The molecule has 5 heteroatoms. The van der Waals surface area contributed by atoms with E-state index in [-0.39, 0.29) is 18.0 Å². The number of halogens is 2. The molecule has 3 rings (SSSR count). The molecule has 2 aromatic rings. The highest BCUT2D eigenvalue weighted by Gasteiger charge is 2.26. The van der Waals surface area contributed by atoms with E-state index in [9.17, 15) is 13.6 Å². The van der Waals surface area contributed by atoms with Crippen molar-refractivity contribution in [3.05, 3.63) is 58.4 Å². The number of nitrogens with zero attached hydrogens (tertiary/aromatic N) is 1. The Morgan fingerprint density at radius 1 is 1.20 bits per heavy atom. The number of fused-ring (bicyclic) bond motifs is 1. The molecule has 1 N–H and O–H groups in total. The first-order valence-electron chi connectivity index (χ1n) is 6.47. The van der Waals surface area contributed by atoms with Gasteiger partial charge in [-0.3, -0.25) is 4.79 Å². The number of carbonyl (C=O) groups is 1. The average molecular weight is 276 g/mol. The number of amides is 1. The SMILES string of the molecule is Cc1[nH]ccc1C(=O)N1CCc2c(F)ccc(F)c2C1. The fourth-order valence-electron chi connectivity index (χ4n) is 2.62. The number of aromatic amines is 1. The first-order chi connectivity index (χ1) is 9.58. The van der Waals surface area contributed by atoms with Gasteiger partial charge in [-0.15, -0.1) is 0 Å². The zero-order valence-corrected chi connectivity index (χ0v) is 11.0. The Morgan fingerprint density at radius 2 is 1.90 bits per heavy atom. The predicted molar refractivity (Wildman–Crippen MR) is 70.3 cm³/mol. The summed E-state index contributed by atoms with van der Waals surface area (Å²) in [6.07, 6.45) is 2.04. The van der Waals surface area contributed by atoms with Crippen LogP contribution in [0.1, 0.15) is 27.2 Å². The molecule has 0 radical (unpaired) electrons. The Labute approximate surface area is 115 Å². The maximum atomic E-state index is 13.8. The molecule has 1 aromatic heterocycles. The van der Waals surface area contributed by atoms with E-state index in [1.54, 1.807) is 17.2 Å². The van der Waals surface area contributed by atoms with E-state index in [0.717, 1.165) is 17.8 Å². The second-order valence-electron chi connectivity index (χ2n) is 4.98. The smallest absolute Gasteiger partial charge is 0.255 e. The number of nitrogens with one attached hydrogen (secondary N) is 1. The van der Waals surface area contributed by atoms with Gasteiger partial charge in [-0.05, 0) is 37.1 Å². The molecule has 0 atom stereocenters. The molecule has 0 aliphatic carbocycles. The van der Waals surface area contributed by atoms with Gasteiger partial charge in [-0.2, -0.15) is 0 Å². The van der Waals surface area contributed by atoms with E-state index < -0.39 is 11.6 Å². The minimum Gasteiger partial charge on any atom is -0.365 e. The summed E-state index contributed by atoms with van der Waals surface area (Å²) < 4.78 is 27.4. The Balaban J connectivity index is 1.91. The molecule has 0 saturated heterocycles. The summed E-state index contributed by atoms with van der Waals surface area (Å²) in [4.78, 5) is 16.9. The van der Waals surface area contributed by atoms with Crippen molar-refractivity contribution in [1.29, 1.82) is 0 Å². The van der Waals surface area contributed by atoms with Crippen molar-refractivity contribution in [2.45, 2.75) is 19.9 Å². The van der Waals surface area contributed by atoms with Crippen molar-refractivity contribution in [2.75, 3.05) is 6.54 Å². The highest BCUT2D eigenvalue weighted by atomic mass is 19.1. The summed E-state index contributed by atoms with van der Waals surface area (Å²) in [7, 11) is 0. The maximum absolute atomic E-state index is 13.8. The summed E-state index contributed by atoms with van der Waals surface area (Å²) in [6.45, 7) is 2.32. The molecule has 0 spiro atoms. The van der Waals surface area contributed by atoms with Gasteiger partial charge in [-0.25, -0.2) is 8.78 Å². The molecular weight excluding hydrogens is 262 g/mol. The van der Waals surface area contributed by atoms with Gasteiger partial charge < -0.3 is 9.88 Å². The third kappa shape index (κ3) is 1.99. The fourth-order valence-corrected chi connectivity index (χ4v) is 2.62. The second kappa shape index (κ2) is 4.74. The Kier molecular flexibility index (Phi) is 3.04. The van der Waals surface area contributed by atoms with Gasteiger partial charge >= 0.3 is 0 Å². The van der Waals surface area contributed by atoms with Crippen molar-refractivity contribution in [1.82, 2.24) is 9.88 Å². The first kappa shape index (κ1) is 12.8. The number of aromatic nitrogens is 1. The van der Waals surface area contributed by atoms with Crippen LogP contribution in [0.2, 0.25) is 0 Å². The summed E-state index contributed by atoms with van der Waals surface area (Å²) in [5.74, 6) is -1.01. The number of H-pyrrole nitrogens is 1. The lowest BCUT2D eigenvalue weighted by atomic mass is 9.98. The largest absolute Gasteiger partial charge is 0.365 e. The molecule has 0 unspecified atom stereocenters. The van der Waals surface area contributed by atoms with E-state index >= 15 is 0 Å². The summed E-state index contributed by atoms with van der Waals surface area (Å²) in [5.41, 5.74) is 2.03. The highest BCUT2D eigenvalue weighted by Crippen LogP contribution is 2.25. The number of carbonyl (C=O) groups excluding carboxylic acids is 1. The van der Waals surface area contributed by atoms with Crippen molar-refractivity contribution >= 4 is 5.91 Å². The predicted octanol–water partition coefficient (Wildman–Crippen LogP) is 2.80. The van der Waals surface area contributed by atoms with Crippen molar-refractivity contribution in [3.63, 3.8) is 0 Å². The van der Waals surface area contributed by atoms with Crippen LogP contribution in [0.25, 0.3) is 0 Å². The van der Waals surface area contributed by atoms with Crippen molar-refractivity contribution in [3.8, 4) is 0 Å². The maximum Gasteiger partial charge on any atom is 0.255 e. The number of hydrogen-bond donors (Lipinski definition) is 1. The average Bonchev–Trinajstić information content (AvgIpc) is 2.88. The molecule has 2 heterocycles. The molecule has 1 amide bonds. The molecule has 1 aliphatic heterocycles. The lowest BCUT2D eigenvalue weighted by Gasteiger charge is -2.29. The van der Waals surface area contributed by atoms with Gasteiger partial charge in [0.15, 0.2) is 0 Å². The molecule has 0 saturated carbocycles. The van der Waals surface area contributed by atoms with Crippen LogP contribution >= 0.6 is 0 Å². The van der Waals surface area contributed by atoms with E-state index in [1.807, 2.05) is 6.92 Å². The number of rotatable bonds is 1. The minimum atomic E-state index is -0.454. The highest BCUT2D eigenvalue weighted by molar-refractivity contribution is 5.95. The van der Waals surface area contributed by atoms with Gasteiger partial charge in [0.1, 0.15) is 11.6 Å². The zero-order valence-electron chi connectivity index (χ0n) is 11.0. The molecule has 0 fully saturated rings. The number of aryl methyl sites for hydroxylation is 1. The van der Waals surface area contributed by atoms with Crippen LogP contribution in [-0.2, 0) is 13.0 Å². The quantitative estimate of drug-likeness (QED) is 0.854. The number of benzene rings is 1. The standard InChI is InChI=1S/C15H14F2N2O/c1-9-10(4-6-18-9)15(20)19-7-5-11-12(8-19)14(17)3-2-13(11)16/h2-4,6,18H,5,7-8H2,1H3. The van der Waals surface area contributed by atoms with Gasteiger partial charge in [0.25, 0.3) is 5.91 Å². The van der Waals surface area contributed by atoms with Gasteiger partial charge in [0, 0.05) is 30.5 Å². The second-order valence-corrected chi connectivity index (χ2v) is 4.98. The van der Waals surface area contributed by atoms with Crippen LogP contribution in [0.4, 0.5) is 8.78 Å². The van der Waals surface area contributed by atoms with E-state index in [1.165, 1.54) is 0 Å². The zero-order chi connectivity index (χ0) is 14.3. The van der Waals surface area contributed by atoms with Crippen LogP contribution in [0, 0.1) is 18.6 Å². The monoisotopic (exact) mass is 276 g/mol. The summed E-state index contributed by atoms with van der Waals surface area (Å²) in [6, 6.07) is 3.96. The minimum absolute atomic E-state index is 0.113. The Hall–Kier alpha value is -2.17. The van der Waals surface area contributed by atoms with E-state index in [0.29, 0.717) is 24.1 Å². The van der Waals surface area contributed by atoms with Crippen LogP contribution < -0.4 is 0 Å². The van der Waals surface area contributed by atoms with E-state index in [4.69, 9.17) is 0 Å². The third-order valence-electron chi connectivity index (χ3n) is 3.77. The van der Waals surface area contributed by atoms with Crippen LogP contribution in [0.15, 0.2) is 24.4 Å². The molecule has 3 nitrogen and oxygen atoms in total. The Bertz CT molecular complexity index is 679. The van der Waals surface area contributed by atoms with Crippen LogP contribution in [0.3, 0.4) is 0 Å². The fraction of sp³-hybridized carbons (Fsp3) is 0.267. The Morgan fingerprint density at radius 3 is 2.55 bits per heavy atom. The number of hydrogen-bond acceptors (Lipinski definition) is 1. The molecule has 1 aliphatic rings. The summed E-state index contributed by atoms with van der Waals surface area (Å²) in [5, 5.41) is 0. The van der Waals surface area contributed by atoms with Crippen molar-refractivity contribution in [2.24, 2.45) is 0 Å². The van der Waals surface area contributed by atoms with Crippen LogP contribution in [-0.4, -0.2) is 22.3 Å². The van der Waals surface area contributed by atoms with E-state index in [2.05, 4.69) is 4.98 Å². The van der Waals surface area contributed by atoms with Gasteiger partial charge in [0.05, 0.1) is 5.56 Å². The molecule has 0 bridgehead atoms. The molecular formula is C15H14F2N2O. The lowest BCUT2D eigenvalue weighted by Crippen LogP contribution is -2.37. The van der Waals surface area contributed by atoms with Gasteiger partial charge in [-0.1, -0.05) is 0 Å².